The third-order valence-electron chi connectivity index (χ3n) is 8.30. The third-order valence-corrected chi connectivity index (χ3v) is 11.5. The molecule has 4 saturated carbocycles. The van der Waals surface area contributed by atoms with Crippen molar-refractivity contribution in [2.24, 2.45) is 23.2 Å². The van der Waals surface area contributed by atoms with Crippen molar-refractivity contribution in [1.82, 2.24) is 4.90 Å². The highest BCUT2D eigenvalue weighted by atomic mass is 79.9. The Morgan fingerprint density at radius 3 is 2.32 bits per heavy atom. The number of carbonyl (C=O) groups is 3. The van der Waals surface area contributed by atoms with Gasteiger partial charge in [0.2, 0.25) is 5.91 Å². The topological polar surface area (TPSA) is 83.9 Å². The molecule has 2 saturated heterocycles. The second kappa shape index (κ2) is 7.07. The minimum absolute atomic E-state index is 0.0787. The first-order valence-corrected chi connectivity index (χ1v) is 12.9. The van der Waals surface area contributed by atoms with E-state index in [-0.39, 0.29) is 12.4 Å². The third kappa shape index (κ3) is 2.96. The number of ether oxygens (including phenoxy) is 1. The number of carbonyl (C=O) groups excluding carboxylic acids is 3. The van der Waals surface area contributed by atoms with Crippen LogP contribution in [0.2, 0.25) is 0 Å². The SMILES string of the molecule is C=CCOC(=O)[C@@H]1N2C(=O)C(Br)(C(O)C(=O)C34CC5CC(CC(C5)C3)C4)[C@H]2SC1(C)C. The molecule has 2 aliphatic heterocycles. The normalized spacial score (nSPS) is 45.1. The van der Waals surface area contributed by atoms with Crippen LogP contribution >= 0.6 is 27.7 Å². The number of thioether (sulfide) groups is 1. The molecule has 0 spiro atoms. The summed E-state index contributed by atoms with van der Waals surface area (Å²) in [6, 6.07) is -0.762. The minimum Gasteiger partial charge on any atom is -0.460 e. The Kier molecular flexibility index (Phi) is 5.01. The Hall–Kier alpha value is -0.860. The first-order valence-electron chi connectivity index (χ1n) is 11.2. The maximum absolute atomic E-state index is 13.7. The molecule has 6 nitrogen and oxygen atoms in total. The van der Waals surface area contributed by atoms with Crippen LogP contribution in [0.25, 0.3) is 0 Å². The number of aliphatic hydroxyl groups excluding tert-OH is 1. The Morgan fingerprint density at radius 2 is 1.81 bits per heavy atom. The van der Waals surface area contributed by atoms with Crippen LogP contribution < -0.4 is 0 Å². The van der Waals surface area contributed by atoms with Crippen LogP contribution in [0.3, 0.4) is 0 Å². The summed E-state index contributed by atoms with van der Waals surface area (Å²) in [6.45, 7) is 7.42. The molecule has 4 atom stereocenters. The molecule has 0 radical (unpaired) electrons. The maximum Gasteiger partial charge on any atom is 0.330 e. The van der Waals surface area contributed by atoms with E-state index in [0.29, 0.717) is 17.8 Å². The van der Waals surface area contributed by atoms with Crippen LogP contribution in [-0.4, -0.2) is 60.9 Å². The van der Waals surface area contributed by atoms with Gasteiger partial charge in [0.05, 0.1) is 0 Å². The number of Topliss-reactive ketones (excluding diaryl/α,β-unsaturated/α-hetero) is 1. The van der Waals surface area contributed by atoms with E-state index in [9.17, 15) is 19.5 Å². The van der Waals surface area contributed by atoms with Gasteiger partial charge in [0.25, 0.3) is 0 Å². The predicted octanol–water partition coefficient (Wildman–Crippen LogP) is 3.06. The standard InChI is InChI=1S/C23H30BrNO5S/c1-4-5-30-18(28)15-21(2,3)31-20-23(24,19(29)25(15)20)17(27)16(26)22-9-12-6-13(10-22)8-14(7-12)11-22/h4,12-15,17,20,27H,1,5-11H2,2-3H3/t12?,13?,14?,15-,17?,20+,22?,23?/m0/s1. The fourth-order valence-corrected chi connectivity index (χ4v) is 9.95. The number of halogens is 1. The Labute approximate surface area is 195 Å². The van der Waals surface area contributed by atoms with E-state index in [1.165, 1.54) is 42.0 Å². The van der Waals surface area contributed by atoms with E-state index in [2.05, 4.69) is 22.5 Å². The number of hydrogen-bond acceptors (Lipinski definition) is 6. The van der Waals surface area contributed by atoms with Gasteiger partial charge >= 0.3 is 5.97 Å². The molecule has 0 aromatic rings. The van der Waals surface area contributed by atoms with Gasteiger partial charge in [0.1, 0.15) is 24.1 Å². The molecule has 6 fully saturated rings. The fraction of sp³-hybridized carbons (Fsp3) is 0.783. The summed E-state index contributed by atoms with van der Waals surface area (Å²) in [6.07, 6.45) is 6.22. The zero-order valence-corrected chi connectivity index (χ0v) is 20.4. The molecule has 1 amide bonds. The summed E-state index contributed by atoms with van der Waals surface area (Å²) in [5, 5.41) is 10.8. The number of rotatable bonds is 6. The molecule has 31 heavy (non-hydrogen) atoms. The summed E-state index contributed by atoms with van der Waals surface area (Å²) in [4.78, 5) is 41.2. The van der Waals surface area contributed by atoms with Crippen LogP contribution in [-0.2, 0) is 19.1 Å². The summed E-state index contributed by atoms with van der Waals surface area (Å²) in [5.74, 6) is 0.669. The highest BCUT2D eigenvalue weighted by molar-refractivity contribution is 9.10. The van der Waals surface area contributed by atoms with Crippen molar-refractivity contribution in [3.63, 3.8) is 0 Å². The van der Waals surface area contributed by atoms with Gasteiger partial charge in [-0.1, -0.05) is 28.6 Å². The number of hydrogen-bond donors (Lipinski definition) is 1. The Bertz CT molecular complexity index is 824. The van der Waals surface area contributed by atoms with Crippen molar-refractivity contribution in [3.8, 4) is 0 Å². The van der Waals surface area contributed by atoms with Crippen LogP contribution in [0, 0.1) is 23.2 Å². The number of β-lactam (4-membered cyclic amide) rings is 1. The smallest absolute Gasteiger partial charge is 0.330 e. The van der Waals surface area contributed by atoms with E-state index in [0.717, 1.165) is 19.3 Å². The van der Waals surface area contributed by atoms with Gasteiger partial charge in [-0.3, -0.25) is 9.59 Å². The lowest BCUT2D eigenvalue weighted by atomic mass is 9.48. The molecular formula is C23H30BrNO5S. The highest BCUT2D eigenvalue weighted by Gasteiger charge is 2.75. The number of fused-ring (bicyclic) bond motifs is 1. The maximum atomic E-state index is 13.7. The summed E-state index contributed by atoms with van der Waals surface area (Å²) < 4.78 is 3.26. The molecule has 170 valence electrons. The van der Waals surface area contributed by atoms with Crippen molar-refractivity contribution in [1.29, 1.82) is 0 Å². The lowest BCUT2D eigenvalue weighted by Crippen LogP contribution is -2.76. The monoisotopic (exact) mass is 511 g/mol. The van der Waals surface area contributed by atoms with Crippen molar-refractivity contribution in [2.45, 2.75) is 79.0 Å². The quantitative estimate of drug-likeness (QED) is 0.255. The molecule has 8 heteroatoms. The minimum atomic E-state index is -1.41. The molecule has 6 rings (SSSR count). The predicted molar refractivity (Wildman–Crippen MR) is 121 cm³/mol. The number of nitrogens with zero attached hydrogens (tertiary/aromatic N) is 1. The number of alkyl halides is 1. The van der Waals surface area contributed by atoms with Crippen molar-refractivity contribution >= 4 is 45.4 Å². The van der Waals surface area contributed by atoms with Crippen LogP contribution in [0.1, 0.15) is 52.4 Å². The molecule has 4 aliphatic carbocycles. The van der Waals surface area contributed by atoms with Crippen LogP contribution in [0.5, 0.6) is 0 Å². The number of esters is 1. The average Bonchev–Trinajstić information content (AvgIpc) is 2.98. The first kappa shape index (κ1) is 22.0. The van der Waals surface area contributed by atoms with Crippen LogP contribution in [0.4, 0.5) is 0 Å². The van der Waals surface area contributed by atoms with E-state index in [1.807, 2.05) is 13.8 Å². The number of aliphatic hydroxyl groups is 1. The van der Waals surface area contributed by atoms with Gasteiger partial charge in [-0.15, -0.1) is 11.8 Å². The van der Waals surface area contributed by atoms with Crippen molar-refractivity contribution in [2.75, 3.05) is 6.61 Å². The lowest BCUT2D eigenvalue weighted by molar-refractivity contribution is -0.172. The highest BCUT2D eigenvalue weighted by Crippen LogP contribution is 2.63. The second-order valence-corrected chi connectivity index (χ2v) is 13.9. The van der Waals surface area contributed by atoms with Gasteiger partial charge in [-0.25, -0.2) is 4.79 Å². The molecule has 0 aromatic heterocycles. The number of amides is 1. The van der Waals surface area contributed by atoms with Crippen LogP contribution in [0.15, 0.2) is 12.7 Å². The van der Waals surface area contributed by atoms with Gasteiger partial charge in [-0.05, 0) is 70.1 Å². The zero-order chi connectivity index (χ0) is 22.3. The van der Waals surface area contributed by atoms with Crippen molar-refractivity contribution in [3.05, 3.63) is 12.7 Å². The molecule has 1 N–H and O–H groups in total. The van der Waals surface area contributed by atoms with Gasteiger partial charge in [0.15, 0.2) is 10.1 Å². The van der Waals surface area contributed by atoms with Gasteiger partial charge in [-0.2, -0.15) is 0 Å². The Morgan fingerprint density at radius 1 is 1.26 bits per heavy atom. The molecule has 4 bridgehead atoms. The summed E-state index contributed by atoms with van der Waals surface area (Å²) in [7, 11) is 0. The van der Waals surface area contributed by atoms with E-state index >= 15 is 0 Å². The zero-order valence-electron chi connectivity index (χ0n) is 18.0. The van der Waals surface area contributed by atoms with Gasteiger partial charge < -0.3 is 14.7 Å². The lowest BCUT2D eigenvalue weighted by Gasteiger charge is -2.58. The largest absolute Gasteiger partial charge is 0.460 e. The fourth-order valence-electron chi connectivity index (χ4n) is 7.39. The first-order chi connectivity index (χ1) is 14.5. The molecular weight excluding hydrogens is 482 g/mol. The van der Waals surface area contributed by atoms with Crippen molar-refractivity contribution < 1.29 is 24.2 Å². The van der Waals surface area contributed by atoms with E-state index < -0.39 is 43.9 Å². The van der Waals surface area contributed by atoms with E-state index in [4.69, 9.17) is 4.74 Å². The number of ketones is 1. The van der Waals surface area contributed by atoms with Gasteiger partial charge in [0, 0.05) is 10.2 Å². The summed E-state index contributed by atoms with van der Waals surface area (Å²) in [5.41, 5.74) is -0.489. The van der Waals surface area contributed by atoms with E-state index in [1.54, 1.807) is 0 Å². The molecule has 2 unspecified atom stereocenters. The molecule has 6 aliphatic rings. The Balaban J connectivity index is 1.39. The molecule has 2 heterocycles. The molecule has 0 aromatic carbocycles. The summed E-state index contributed by atoms with van der Waals surface area (Å²) >= 11 is 4.96. The average molecular weight is 512 g/mol. The second-order valence-electron chi connectivity index (χ2n) is 10.8.